The Morgan fingerprint density at radius 2 is 2.28 bits per heavy atom. The predicted octanol–water partition coefficient (Wildman–Crippen LogP) is 0.418. The normalized spacial score (nSPS) is 18.1. The zero-order chi connectivity index (χ0) is 12.4. The summed E-state index contributed by atoms with van der Waals surface area (Å²) in [6.45, 7) is 0.765. The van der Waals surface area contributed by atoms with Gasteiger partial charge in [-0.2, -0.15) is 0 Å². The molecule has 6 nitrogen and oxygen atoms in total. The lowest BCUT2D eigenvalue weighted by molar-refractivity contribution is 0.0922. The van der Waals surface area contributed by atoms with Gasteiger partial charge >= 0.3 is 0 Å². The fraction of sp³-hybridized carbons (Fsp3) is 0.333. The summed E-state index contributed by atoms with van der Waals surface area (Å²) in [6, 6.07) is 0.126. The first-order chi connectivity index (χ1) is 8.83. The van der Waals surface area contributed by atoms with Crippen LogP contribution in [-0.2, 0) is 13.0 Å². The number of carbonyl (C=O) groups excluding carboxylic acids is 1. The van der Waals surface area contributed by atoms with E-state index < -0.39 is 0 Å². The Kier molecular flexibility index (Phi) is 2.76. The van der Waals surface area contributed by atoms with Gasteiger partial charge in [-0.25, -0.2) is 9.97 Å². The summed E-state index contributed by atoms with van der Waals surface area (Å²) >= 11 is 0. The van der Waals surface area contributed by atoms with Gasteiger partial charge in [0.15, 0.2) is 0 Å². The Bertz CT molecular complexity index is 551. The van der Waals surface area contributed by atoms with Crippen molar-refractivity contribution in [3.8, 4) is 0 Å². The molecule has 92 valence electrons. The molecule has 1 N–H and O–H groups in total. The van der Waals surface area contributed by atoms with Gasteiger partial charge in [0.05, 0.1) is 6.20 Å². The van der Waals surface area contributed by atoms with Crippen molar-refractivity contribution in [2.45, 2.75) is 25.4 Å². The number of imidazole rings is 1. The second kappa shape index (κ2) is 4.56. The Morgan fingerprint density at radius 3 is 3.11 bits per heavy atom. The highest BCUT2D eigenvalue weighted by Gasteiger charge is 2.21. The van der Waals surface area contributed by atoms with Crippen molar-refractivity contribution >= 4 is 5.91 Å². The van der Waals surface area contributed by atoms with Crippen LogP contribution in [0.5, 0.6) is 0 Å². The van der Waals surface area contributed by atoms with E-state index in [0.29, 0.717) is 5.69 Å². The summed E-state index contributed by atoms with van der Waals surface area (Å²) in [5.74, 6) is 0.914. The lowest BCUT2D eigenvalue weighted by Crippen LogP contribution is -2.41. The molecule has 0 spiro atoms. The molecule has 18 heavy (non-hydrogen) atoms. The fourth-order valence-corrected chi connectivity index (χ4v) is 2.16. The van der Waals surface area contributed by atoms with Gasteiger partial charge in [-0.15, -0.1) is 0 Å². The van der Waals surface area contributed by atoms with Crippen LogP contribution < -0.4 is 5.32 Å². The average molecular weight is 243 g/mol. The van der Waals surface area contributed by atoms with Crippen LogP contribution in [0.25, 0.3) is 0 Å². The number of hydrogen-bond acceptors (Lipinski definition) is 4. The van der Waals surface area contributed by atoms with Crippen LogP contribution in [0.15, 0.2) is 31.0 Å². The Labute approximate surface area is 104 Å². The molecule has 0 unspecified atom stereocenters. The summed E-state index contributed by atoms with van der Waals surface area (Å²) in [5.41, 5.74) is 0.355. The Hall–Kier alpha value is -2.24. The molecule has 0 aromatic carbocycles. The van der Waals surface area contributed by atoms with Crippen molar-refractivity contribution in [1.82, 2.24) is 24.8 Å². The quantitative estimate of drug-likeness (QED) is 0.829. The molecule has 1 aliphatic heterocycles. The van der Waals surface area contributed by atoms with Crippen molar-refractivity contribution in [1.29, 1.82) is 0 Å². The number of aryl methyl sites for hydroxylation is 1. The molecule has 0 saturated carbocycles. The van der Waals surface area contributed by atoms with E-state index >= 15 is 0 Å². The van der Waals surface area contributed by atoms with E-state index in [4.69, 9.17) is 0 Å². The minimum Gasteiger partial charge on any atom is -0.346 e. The molecule has 6 heteroatoms. The number of rotatable bonds is 2. The maximum Gasteiger partial charge on any atom is 0.271 e. The smallest absolute Gasteiger partial charge is 0.271 e. The van der Waals surface area contributed by atoms with Crippen LogP contribution in [-0.4, -0.2) is 31.5 Å². The van der Waals surface area contributed by atoms with E-state index in [2.05, 4.69) is 24.8 Å². The molecule has 0 fully saturated rings. The van der Waals surface area contributed by atoms with Crippen molar-refractivity contribution in [3.63, 3.8) is 0 Å². The molecule has 3 heterocycles. The molecule has 3 rings (SSSR count). The van der Waals surface area contributed by atoms with Crippen LogP contribution in [0.4, 0.5) is 0 Å². The van der Waals surface area contributed by atoms with Gasteiger partial charge < -0.3 is 9.88 Å². The van der Waals surface area contributed by atoms with E-state index in [0.717, 1.165) is 25.2 Å². The van der Waals surface area contributed by atoms with Gasteiger partial charge in [-0.1, -0.05) is 0 Å². The molecule has 0 aliphatic carbocycles. The minimum atomic E-state index is -0.170. The van der Waals surface area contributed by atoms with Crippen LogP contribution >= 0.6 is 0 Å². The zero-order valence-electron chi connectivity index (χ0n) is 9.78. The third kappa shape index (κ3) is 2.09. The second-order valence-electron chi connectivity index (χ2n) is 4.30. The van der Waals surface area contributed by atoms with Crippen LogP contribution in [0.1, 0.15) is 22.7 Å². The summed E-state index contributed by atoms with van der Waals surface area (Å²) in [7, 11) is 0. The van der Waals surface area contributed by atoms with Gasteiger partial charge in [0, 0.05) is 43.8 Å². The lowest BCUT2D eigenvalue weighted by Gasteiger charge is -2.24. The number of nitrogens with zero attached hydrogens (tertiary/aromatic N) is 4. The standard InChI is InChI=1S/C12H13N5O/c18-12(10-7-13-3-4-14-10)16-9-1-2-11-15-5-6-17(11)8-9/h3-7,9H,1-2,8H2,(H,16,18)/t9-/m0/s1. The van der Waals surface area contributed by atoms with Crippen LogP contribution in [0, 0.1) is 0 Å². The van der Waals surface area contributed by atoms with Gasteiger partial charge in [0.2, 0.25) is 0 Å². The summed E-state index contributed by atoms with van der Waals surface area (Å²) in [5, 5.41) is 2.98. The van der Waals surface area contributed by atoms with Crippen LogP contribution in [0.3, 0.4) is 0 Å². The topological polar surface area (TPSA) is 72.7 Å². The summed E-state index contributed by atoms with van der Waals surface area (Å²) in [6.07, 6.45) is 10.1. The number of nitrogens with one attached hydrogen (secondary N) is 1. The van der Waals surface area contributed by atoms with E-state index in [-0.39, 0.29) is 11.9 Å². The first-order valence-electron chi connectivity index (χ1n) is 5.90. The van der Waals surface area contributed by atoms with Gasteiger partial charge in [0.25, 0.3) is 5.91 Å². The third-order valence-corrected chi connectivity index (χ3v) is 3.07. The van der Waals surface area contributed by atoms with E-state index in [1.165, 1.54) is 12.4 Å². The molecule has 1 atom stereocenters. The van der Waals surface area contributed by atoms with E-state index in [1.54, 1.807) is 12.4 Å². The average Bonchev–Trinajstić information content (AvgIpc) is 2.87. The maximum atomic E-state index is 11.9. The number of carbonyl (C=O) groups is 1. The number of amides is 1. The highest BCUT2D eigenvalue weighted by molar-refractivity contribution is 5.92. The SMILES string of the molecule is O=C(N[C@H]1CCc2nccn2C1)c1cnccn1. The highest BCUT2D eigenvalue weighted by atomic mass is 16.1. The molecule has 0 saturated heterocycles. The zero-order valence-corrected chi connectivity index (χ0v) is 9.78. The molecule has 0 bridgehead atoms. The largest absolute Gasteiger partial charge is 0.346 e. The van der Waals surface area contributed by atoms with Gasteiger partial charge in [0.1, 0.15) is 11.5 Å². The number of hydrogen-bond donors (Lipinski definition) is 1. The highest BCUT2D eigenvalue weighted by Crippen LogP contribution is 2.13. The fourth-order valence-electron chi connectivity index (χ4n) is 2.16. The Balaban J connectivity index is 1.67. The van der Waals surface area contributed by atoms with Crippen LogP contribution in [0.2, 0.25) is 0 Å². The first-order valence-corrected chi connectivity index (χ1v) is 5.90. The molecule has 1 aliphatic rings. The lowest BCUT2D eigenvalue weighted by atomic mass is 10.1. The monoisotopic (exact) mass is 243 g/mol. The molecular weight excluding hydrogens is 230 g/mol. The summed E-state index contributed by atoms with van der Waals surface area (Å²) in [4.78, 5) is 24.1. The third-order valence-electron chi connectivity index (χ3n) is 3.07. The molecule has 0 radical (unpaired) electrons. The molecule has 2 aromatic rings. The van der Waals surface area contributed by atoms with Gasteiger partial charge in [-0.3, -0.25) is 9.78 Å². The Morgan fingerprint density at radius 1 is 1.33 bits per heavy atom. The second-order valence-corrected chi connectivity index (χ2v) is 4.30. The molecule has 1 amide bonds. The van der Waals surface area contributed by atoms with Gasteiger partial charge in [-0.05, 0) is 6.42 Å². The summed E-state index contributed by atoms with van der Waals surface area (Å²) < 4.78 is 2.07. The van der Waals surface area contributed by atoms with E-state index in [1.807, 2.05) is 6.20 Å². The first kappa shape index (κ1) is 10.9. The number of fused-ring (bicyclic) bond motifs is 1. The maximum absolute atomic E-state index is 11.9. The van der Waals surface area contributed by atoms with Crippen molar-refractivity contribution < 1.29 is 4.79 Å². The van der Waals surface area contributed by atoms with Crippen molar-refractivity contribution in [2.75, 3.05) is 0 Å². The molecule has 2 aromatic heterocycles. The molecular formula is C12H13N5O. The van der Waals surface area contributed by atoms with E-state index in [9.17, 15) is 4.79 Å². The van der Waals surface area contributed by atoms with Crippen molar-refractivity contribution in [3.05, 3.63) is 42.5 Å². The predicted molar refractivity (Wildman–Crippen MR) is 63.8 cm³/mol. The van der Waals surface area contributed by atoms with Crippen molar-refractivity contribution in [2.24, 2.45) is 0 Å². The minimum absolute atomic E-state index is 0.126. The number of aromatic nitrogens is 4.